The van der Waals surface area contributed by atoms with Crippen molar-refractivity contribution in [3.8, 4) is 0 Å². The molecule has 0 aliphatic carbocycles. The lowest BCUT2D eigenvalue weighted by Gasteiger charge is -2.27. The summed E-state index contributed by atoms with van der Waals surface area (Å²) in [7, 11) is 1.79. The van der Waals surface area contributed by atoms with E-state index in [1.165, 1.54) is 0 Å². The summed E-state index contributed by atoms with van der Waals surface area (Å²) in [6, 6.07) is 0.00255. The largest absolute Gasteiger partial charge is 0.383 e. The highest BCUT2D eigenvalue weighted by Crippen LogP contribution is 2.18. The number of nitrogens with one attached hydrogen (secondary N) is 2. The molecule has 0 radical (unpaired) electrons. The van der Waals surface area contributed by atoms with Crippen molar-refractivity contribution in [2.24, 2.45) is 7.05 Å². The van der Waals surface area contributed by atoms with Gasteiger partial charge in [-0.1, -0.05) is 13.8 Å². The summed E-state index contributed by atoms with van der Waals surface area (Å²) in [6.45, 7) is 10.6. The summed E-state index contributed by atoms with van der Waals surface area (Å²) < 4.78 is 1.62. The summed E-state index contributed by atoms with van der Waals surface area (Å²) >= 11 is 0. The van der Waals surface area contributed by atoms with Gasteiger partial charge in [0.15, 0.2) is 0 Å². The lowest BCUT2D eigenvalue weighted by Crippen LogP contribution is -2.47. The number of amides is 2. The number of likely N-dealkylation sites (N-methyl/N-ethyl adjacent to an activating group) is 1. The predicted molar refractivity (Wildman–Crippen MR) is 86.6 cm³/mol. The molecule has 7 nitrogen and oxygen atoms in total. The molecule has 0 bridgehead atoms. The van der Waals surface area contributed by atoms with E-state index < -0.39 is 5.60 Å². The highest BCUT2D eigenvalue weighted by Gasteiger charge is 2.25. The Hall–Kier alpha value is -1.60. The molecule has 0 aliphatic rings. The number of rotatable bonds is 8. The average molecular weight is 311 g/mol. The van der Waals surface area contributed by atoms with E-state index in [4.69, 9.17) is 0 Å². The number of aliphatic hydroxyl groups is 1. The monoisotopic (exact) mass is 311 g/mol. The second kappa shape index (κ2) is 8.14. The molecule has 0 aromatic carbocycles. The van der Waals surface area contributed by atoms with Crippen LogP contribution in [0.2, 0.25) is 0 Å². The van der Waals surface area contributed by atoms with E-state index in [-0.39, 0.29) is 18.6 Å². The molecular formula is C15H29N5O2. The Balaban J connectivity index is 2.39. The molecule has 1 aromatic heterocycles. The smallest absolute Gasteiger partial charge is 0.314 e. The average Bonchev–Trinajstić information content (AvgIpc) is 2.92. The fraction of sp³-hybridized carbons (Fsp3) is 0.733. The lowest BCUT2D eigenvalue weighted by molar-refractivity contribution is 0.0592. The number of hydrogen-bond acceptors (Lipinski definition) is 4. The molecule has 1 rings (SSSR count). The first kappa shape index (κ1) is 18.4. The van der Waals surface area contributed by atoms with Crippen molar-refractivity contribution in [3.05, 3.63) is 18.0 Å². The Bertz CT molecular complexity index is 468. The van der Waals surface area contributed by atoms with Crippen molar-refractivity contribution in [1.29, 1.82) is 0 Å². The van der Waals surface area contributed by atoms with Gasteiger partial charge in [0.25, 0.3) is 0 Å². The molecule has 2 unspecified atom stereocenters. The Morgan fingerprint density at radius 1 is 1.45 bits per heavy atom. The highest BCUT2D eigenvalue weighted by molar-refractivity contribution is 5.73. The molecule has 2 amide bonds. The van der Waals surface area contributed by atoms with Gasteiger partial charge in [0.2, 0.25) is 0 Å². The predicted octanol–water partition coefficient (Wildman–Crippen LogP) is 0.657. The van der Waals surface area contributed by atoms with Gasteiger partial charge < -0.3 is 15.7 Å². The molecule has 1 aromatic rings. The standard InChI is InChI=1S/C15H29N5O2/c1-6-20(7-2)12(3)8-16-14(21)17-11-15(4,22)13-9-18-19(5)10-13/h9-10,12,22H,6-8,11H2,1-5H3,(H2,16,17,21). The van der Waals surface area contributed by atoms with E-state index >= 15 is 0 Å². The van der Waals surface area contributed by atoms with Crippen molar-refractivity contribution in [3.63, 3.8) is 0 Å². The van der Waals surface area contributed by atoms with E-state index in [1.807, 2.05) is 0 Å². The number of hydrogen-bond donors (Lipinski definition) is 3. The van der Waals surface area contributed by atoms with E-state index in [2.05, 4.69) is 41.4 Å². The Labute approximate surface area is 132 Å². The van der Waals surface area contributed by atoms with Crippen molar-refractivity contribution >= 4 is 6.03 Å². The maximum atomic E-state index is 11.9. The van der Waals surface area contributed by atoms with Gasteiger partial charge in [-0.15, -0.1) is 0 Å². The molecule has 0 spiro atoms. The zero-order valence-corrected chi connectivity index (χ0v) is 14.3. The fourth-order valence-electron chi connectivity index (χ4n) is 2.33. The molecule has 0 aliphatic heterocycles. The summed E-state index contributed by atoms with van der Waals surface area (Å²) in [5.74, 6) is 0. The number of aromatic nitrogens is 2. The van der Waals surface area contributed by atoms with E-state index in [1.54, 1.807) is 31.0 Å². The third-order valence-corrected chi connectivity index (χ3v) is 3.91. The first-order valence-electron chi connectivity index (χ1n) is 7.77. The van der Waals surface area contributed by atoms with E-state index in [0.29, 0.717) is 12.1 Å². The number of aryl methyl sites for hydroxylation is 1. The van der Waals surface area contributed by atoms with Crippen LogP contribution in [0.5, 0.6) is 0 Å². The molecule has 126 valence electrons. The Kier molecular flexibility index (Phi) is 6.83. The van der Waals surface area contributed by atoms with Gasteiger partial charge in [0.05, 0.1) is 12.7 Å². The summed E-state index contributed by atoms with van der Waals surface area (Å²) in [6.07, 6.45) is 3.34. The second-order valence-corrected chi connectivity index (χ2v) is 5.81. The Morgan fingerprint density at radius 3 is 2.59 bits per heavy atom. The number of urea groups is 1. The van der Waals surface area contributed by atoms with Gasteiger partial charge in [-0.25, -0.2) is 4.79 Å². The third-order valence-electron chi connectivity index (χ3n) is 3.91. The molecule has 0 saturated heterocycles. The number of carbonyl (C=O) groups excluding carboxylic acids is 1. The van der Waals surface area contributed by atoms with Crippen LogP contribution in [-0.2, 0) is 12.6 Å². The lowest BCUT2D eigenvalue weighted by atomic mass is 10.00. The van der Waals surface area contributed by atoms with Crippen molar-refractivity contribution in [1.82, 2.24) is 25.3 Å². The van der Waals surface area contributed by atoms with Crippen LogP contribution >= 0.6 is 0 Å². The maximum Gasteiger partial charge on any atom is 0.314 e. The normalized spacial score (nSPS) is 15.4. The quantitative estimate of drug-likeness (QED) is 0.658. The molecule has 0 fully saturated rings. The minimum Gasteiger partial charge on any atom is -0.383 e. The van der Waals surface area contributed by atoms with E-state index in [9.17, 15) is 9.90 Å². The third kappa shape index (κ3) is 5.31. The molecule has 1 heterocycles. The molecule has 22 heavy (non-hydrogen) atoms. The fourth-order valence-corrected chi connectivity index (χ4v) is 2.33. The van der Waals surface area contributed by atoms with Crippen molar-refractivity contribution < 1.29 is 9.90 Å². The summed E-state index contributed by atoms with van der Waals surface area (Å²) in [5, 5.41) is 20.0. The van der Waals surface area contributed by atoms with E-state index in [0.717, 1.165) is 13.1 Å². The van der Waals surface area contributed by atoms with Crippen LogP contribution in [0.1, 0.15) is 33.3 Å². The number of carbonyl (C=O) groups is 1. The van der Waals surface area contributed by atoms with Gasteiger partial charge >= 0.3 is 6.03 Å². The molecule has 2 atom stereocenters. The van der Waals surface area contributed by atoms with Crippen LogP contribution in [0, 0.1) is 0 Å². The Morgan fingerprint density at radius 2 is 2.09 bits per heavy atom. The summed E-state index contributed by atoms with van der Waals surface area (Å²) in [5.41, 5.74) is -0.470. The van der Waals surface area contributed by atoms with Crippen LogP contribution in [-0.4, -0.2) is 58.0 Å². The topological polar surface area (TPSA) is 82.4 Å². The SMILES string of the molecule is CCN(CC)C(C)CNC(=O)NCC(C)(O)c1cnn(C)c1. The van der Waals surface area contributed by atoms with Crippen LogP contribution in [0.25, 0.3) is 0 Å². The van der Waals surface area contributed by atoms with Gasteiger partial charge in [-0.3, -0.25) is 9.58 Å². The van der Waals surface area contributed by atoms with Gasteiger partial charge in [-0.05, 0) is 26.9 Å². The number of nitrogens with zero attached hydrogens (tertiary/aromatic N) is 3. The zero-order valence-electron chi connectivity index (χ0n) is 14.3. The molecular weight excluding hydrogens is 282 g/mol. The molecule has 0 saturated carbocycles. The molecule has 3 N–H and O–H groups in total. The minimum absolute atomic E-state index is 0.129. The van der Waals surface area contributed by atoms with Gasteiger partial charge in [0, 0.05) is 31.4 Å². The first-order chi connectivity index (χ1) is 10.3. The van der Waals surface area contributed by atoms with Crippen molar-refractivity contribution in [2.75, 3.05) is 26.2 Å². The zero-order chi connectivity index (χ0) is 16.8. The summed E-state index contributed by atoms with van der Waals surface area (Å²) in [4.78, 5) is 14.1. The van der Waals surface area contributed by atoms with Gasteiger partial charge in [-0.2, -0.15) is 5.10 Å². The second-order valence-electron chi connectivity index (χ2n) is 5.81. The van der Waals surface area contributed by atoms with Crippen LogP contribution in [0.3, 0.4) is 0 Å². The van der Waals surface area contributed by atoms with Crippen LogP contribution < -0.4 is 10.6 Å². The van der Waals surface area contributed by atoms with Crippen LogP contribution in [0.4, 0.5) is 4.79 Å². The van der Waals surface area contributed by atoms with Crippen LogP contribution in [0.15, 0.2) is 12.4 Å². The molecule has 7 heteroatoms. The highest BCUT2D eigenvalue weighted by atomic mass is 16.3. The first-order valence-corrected chi connectivity index (χ1v) is 7.77. The van der Waals surface area contributed by atoms with Crippen molar-refractivity contribution in [2.45, 2.75) is 39.3 Å². The maximum absolute atomic E-state index is 11.9. The van der Waals surface area contributed by atoms with Gasteiger partial charge in [0.1, 0.15) is 5.60 Å². The minimum atomic E-state index is -1.14.